The molecule has 0 saturated carbocycles. The number of nitrogen functional groups attached to an aromatic ring is 1. The van der Waals surface area contributed by atoms with Crippen LogP contribution in [0.4, 0.5) is 5.69 Å². The number of anilines is 1. The van der Waals surface area contributed by atoms with Gasteiger partial charge in [-0.3, -0.25) is 9.78 Å². The Labute approximate surface area is 100 Å². The Kier molecular flexibility index (Phi) is 5.11. The van der Waals surface area contributed by atoms with Gasteiger partial charge in [0, 0.05) is 18.0 Å². The first-order chi connectivity index (χ1) is 7.65. The predicted molar refractivity (Wildman–Crippen MR) is 68.6 cm³/mol. The van der Waals surface area contributed by atoms with E-state index in [0.29, 0.717) is 11.3 Å². The molecule has 1 aromatic heterocycles. The van der Waals surface area contributed by atoms with Gasteiger partial charge in [-0.05, 0) is 18.7 Å². The molecular weight excluding hydrogens is 222 g/mol. The van der Waals surface area contributed by atoms with Crippen molar-refractivity contribution in [3.05, 3.63) is 24.0 Å². The fraction of sp³-hybridized carbons (Fsp3) is 0.455. The van der Waals surface area contributed by atoms with Crippen molar-refractivity contribution in [2.24, 2.45) is 0 Å². The molecule has 16 heavy (non-hydrogen) atoms. The van der Waals surface area contributed by atoms with E-state index in [9.17, 15) is 4.79 Å². The van der Waals surface area contributed by atoms with Gasteiger partial charge in [0.1, 0.15) is 0 Å². The van der Waals surface area contributed by atoms with Gasteiger partial charge >= 0.3 is 0 Å². The second-order valence-corrected chi connectivity index (χ2v) is 4.82. The summed E-state index contributed by atoms with van der Waals surface area (Å²) in [6.07, 6.45) is 3.05. The maximum absolute atomic E-state index is 11.8. The number of hydrogen-bond acceptors (Lipinski definition) is 4. The van der Waals surface area contributed by atoms with Crippen LogP contribution in [0.15, 0.2) is 18.5 Å². The second kappa shape index (κ2) is 6.37. The zero-order valence-electron chi connectivity index (χ0n) is 9.56. The quantitative estimate of drug-likeness (QED) is 0.817. The molecule has 1 heterocycles. The van der Waals surface area contributed by atoms with Crippen LogP contribution in [0.2, 0.25) is 0 Å². The predicted octanol–water partition coefficient (Wildman–Crippen LogP) is 1.54. The SMILES string of the molecule is CCSCC(C)NC(=O)c1ccncc1N. The largest absolute Gasteiger partial charge is 0.397 e. The first-order valence-electron chi connectivity index (χ1n) is 5.23. The third-order valence-electron chi connectivity index (χ3n) is 2.05. The Bertz CT molecular complexity index is 357. The maximum Gasteiger partial charge on any atom is 0.253 e. The van der Waals surface area contributed by atoms with Crippen molar-refractivity contribution in [1.82, 2.24) is 10.3 Å². The van der Waals surface area contributed by atoms with E-state index in [1.807, 2.05) is 6.92 Å². The van der Waals surface area contributed by atoms with Crippen molar-refractivity contribution in [1.29, 1.82) is 0 Å². The highest BCUT2D eigenvalue weighted by molar-refractivity contribution is 7.99. The topological polar surface area (TPSA) is 68.0 Å². The lowest BCUT2D eigenvalue weighted by Crippen LogP contribution is -2.34. The molecule has 1 rings (SSSR count). The summed E-state index contributed by atoms with van der Waals surface area (Å²) in [6, 6.07) is 1.77. The summed E-state index contributed by atoms with van der Waals surface area (Å²) in [7, 11) is 0. The van der Waals surface area contributed by atoms with E-state index in [1.54, 1.807) is 24.0 Å². The normalized spacial score (nSPS) is 12.1. The van der Waals surface area contributed by atoms with E-state index >= 15 is 0 Å². The van der Waals surface area contributed by atoms with Crippen LogP contribution in [0.3, 0.4) is 0 Å². The smallest absolute Gasteiger partial charge is 0.253 e. The number of carbonyl (C=O) groups is 1. The monoisotopic (exact) mass is 239 g/mol. The van der Waals surface area contributed by atoms with Gasteiger partial charge in [-0.2, -0.15) is 11.8 Å². The molecule has 0 saturated heterocycles. The number of carbonyl (C=O) groups excluding carboxylic acids is 1. The zero-order valence-corrected chi connectivity index (χ0v) is 10.4. The Morgan fingerprint density at radius 3 is 3.06 bits per heavy atom. The van der Waals surface area contributed by atoms with Crippen molar-refractivity contribution in [2.75, 3.05) is 17.2 Å². The molecule has 0 aliphatic rings. The minimum atomic E-state index is -0.135. The molecule has 5 heteroatoms. The van der Waals surface area contributed by atoms with Crippen LogP contribution >= 0.6 is 11.8 Å². The van der Waals surface area contributed by atoms with Crippen LogP contribution in [0.1, 0.15) is 24.2 Å². The molecule has 88 valence electrons. The lowest BCUT2D eigenvalue weighted by Gasteiger charge is -2.13. The molecule has 0 aliphatic carbocycles. The van der Waals surface area contributed by atoms with Gasteiger partial charge in [0.2, 0.25) is 0 Å². The van der Waals surface area contributed by atoms with Crippen molar-refractivity contribution >= 4 is 23.4 Å². The van der Waals surface area contributed by atoms with Gasteiger partial charge in [-0.15, -0.1) is 0 Å². The van der Waals surface area contributed by atoms with Crippen molar-refractivity contribution < 1.29 is 4.79 Å². The molecule has 1 aromatic rings. The van der Waals surface area contributed by atoms with Crippen molar-refractivity contribution in [3.63, 3.8) is 0 Å². The molecule has 0 bridgehead atoms. The summed E-state index contributed by atoms with van der Waals surface area (Å²) >= 11 is 1.80. The van der Waals surface area contributed by atoms with Crippen LogP contribution < -0.4 is 11.1 Å². The minimum Gasteiger partial charge on any atom is -0.397 e. The molecule has 3 N–H and O–H groups in total. The molecule has 4 nitrogen and oxygen atoms in total. The first kappa shape index (κ1) is 12.8. The summed E-state index contributed by atoms with van der Waals surface area (Å²) in [5, 5.41) is 2.90. The summed E-state index contributed by atoms with van der Waals surface area (Å²) in [4.78, 5) is 15.7. The highest BCUT2D eigenvalue weighted by Crippen LogP contribution is 2.09. The van der Waals surface area contributed by atoms with Crippen LogP contribution in [0.5, 0.6) is 0 Å². The van der Waals surface area contributed by atoms with Gasteiger partial charge in [0.05, 0.1) is 17.4 Å². The maximum atomic E-state index is 11.8. The highest BCUT2D eigenvalue weighted by atomic mass is 32.2. The molecule has 1 unspecified atom stereocenters. The number of amides is 1. The van der Waals surface area contributed by atoms with Crippen LogP contribution in [0, 0.1) is 0 Å². The fourth-order valence-electron chi connectivity index (χ4n) is 1.25. The van der Waals surface area contributed by atoms with Crippen molar-refractivity contribution in [3.8, 4) is 0 Å². The van der Waals surface area contributed by atoms with Gasteiger partial charge < -0.3 is 11.1 Å². The van der Waals surface area contributed by atoms with E-state index in [1.165, 1.54) is 6.20 Å². The number of hydrogen-bond donors (Lipinski definition) is 2. The van der Waals surface area contributed by atoms with Crippen LogP contribution in [-0.4, -0.2) is 28.4 Å². The fourth-order valence-corrected chi connectivity index (χ4v) is 1.92. The lowest BCUT2D eigenvalue weighted by atomic mass is 10.2. The summed E-state index contributed by atoms with van der Waals surface area (Å²) in [6.45, 7) is 4.08. The number of pyridine rings is 1. The average molecular weight is 239 g/mol. The molecular formula is C11H17N3OS. The second-order valence-electron chi connectivity index (χ2n) is 3.50. The minimum absolute atomic E-state index is 0.135. The summed E-state index contributed by atoms with van der Waals surface area (Å²) in [5.41, 5.74) is 6.57. The molecule has 0 aliphatic heterocycles. The van der Waals surface area contributed by atoms with Crippen molar-refractivity contribution in [2.45, 2.75) is 19.9 Å². The van der Waals surface area contributed by atoms with E-state index in [2.05, 4.69) is 17.2 Å². The highest BCUT2D eigenvalue weighted by Gasteiger charge is 2.11. The number of thioether (sulfide) groups is 1. The van der Waals surface area contributed by atoms with E-state index in [-0.39, 0.29) is 11.9 Å². The molecule has 0 fully saturated rings. The number of nitrogens with two attached hydrogens (primary N) is 1. The molecule has 1 atom stereocenters. The van der Waals surface area contributed by atoms with Gasteiger partial charge in [-0.25, -0.2) is 0 Å². The van der Waals surface area contributed by atoms with Crippen LogP contribution in [0.25, 0.3) is 0 Å². The number of nitrogens with one attached hydrogen (secondary N) is 1. The summed E-state index contributed by atoms with van der Waals surface area (Å²) < 4.78 is 0. The third-order valence-corrected chi connectivity index (χ3v) is 3.19. The van der Waals surface area contributed by atoms with E-state index in [0.717, 1.165) is 11.5 Å². The molecule has 0 aromatic carbocycles. The molecule has 0 radical (unpaired) electrons. The van der Waals surface area contributed by atoms with Crippen LogP contribution in [-0.2, 0) is 0 Å². The van der Waals surface area contributed by atoms with Gasteiger partial charge in [0.15, 0.2) is 0 Å². The lowest BCUT2D eigenvalue weighted by molar-refractivity contribution is 0.0944. The third kappa shape index (κ3) is 3.73. The molecule has 1 amide bonds. The standard InChI is InChI=1S/C11H17N3OS/c1-3-16-7-8(2)14-11(15)9-4-5-13-6-10(9)12/h4-6,8H,3,7,12H2,1-2H3,(H,14,15). The zero-order chi connectivity index (χ0) is 12.0. The molecule has 0 spiro atoms. The van der Waals surface area contributed by atoms with E-state index < -0.39 is 0 Å². The Hall–Kier alpha value is -1.23. The van der Waals surface area contributed by atoms with E-state index in [4.69, 9.17) is 5.73 Å². The van der Waals surface area contributed by atoms with Gasteiger partial charge in [-0.1, -0.05) is 6.92 Å². The first-order valence-corrected chi connectivity index (χ1v) is 6.38. The Morgan fingerprint density at radius 1 is 1.69 bits per heavy atom. The summed E-state index contributed by atoms with van der Waals surface area (Å²) in [5.74, 6) is 1.83. The Balaban J connectivity index is 2.56. The number of aromatic nitrogens is 1. The van der Waals surface area contributed by atoms with Gasteiger partial charge in [0.25, 0.3) is 5.91 Å². The Morgan fingerprint density at radius 2 is 2.44 bits per heavy atom. The average Bonchev–Trinajstić information content (AvgIpc) is 2.26. The number of nitrogens with zero attached hydrogens (tertiary/aromatic N) is 1. The number of rotatable bonds is 5.